The Bertz CT molecular complexity index is 1280. The summed E-state index contributed by atoms with van der Waals surface area (Å²) in [5.41, 5.74) is 6.52. The first kappa shape index (κ1) is 20.4. The zero-order valence-corrected chi connectivity index (χ0v) is 18.8. The molecule has 32 heavy (non-hydrogen) atoms. The van der Waals surface area contributed by atoms with E-state index in [9.17, 15) is 4.79 Å². The van der Waals surface area contributed by atoms with Crippen LogP contribution >= 0.6 is 0 Å². The van der Waals surface area contributed by atoms with Crippen LogP contribution in [-0.4, -0.2) is 37.0 Å². The Morgan fingerprint density at radius 1 is 1.06 bits per heavy atom. The second-order valence-electron chi connectivity index (χ2n) is 8.70. The molecule has 7 nitrogen and oxygen atoms in total. The third-order valence-electron chi connectivity index (χ3n) is 6.03. The molecule has 164 valence electrons. The molecule has 1 fully saturated rings. The monoisotopic (exact) mass is 428 g/mol. The number of nitrogens with one attached hydrogen (secondary N) is 1. The number of nitrogens with zero attached hydrogens (tertiary/aromatic N) is 5. The van der Waals surface area contributed by atoms with Crippen LogP contribution in [0.4, 0.5) is 0 Å². The number of aromatic nitrogens is 5. The van der Waals surface area contributed by atoms with E-state index in [4.69, 9.17) is 10.1 Å². The maximum Gasteiger partial charge on any atom is 0.252 e. The van der Waals surface area contributed by atoms with Crippen LogP contribution in [0.1, 0.15) is 57.5 Å². The Hall–Kier alpha value is -3.48. The number of fused-ring (bicyclic) bond motifs is 1. The second-order valence-corrected chi connectivity index (χ2v) is 8.70. The van der Waals surface area contributed by atoms with E-state index in [1.165, 1.54) is 0 Å². The van der Waals surface area contributed by atoms with Gasteiger partial charge in [-0.05, 0) is 51.3 Å². The summed E-state index contributed by atoms with van der Waals surface area (Å²) in [6.45, 7) is 7.74. The molecule has 1 saturated carbocycles. The fraction of sp³-hybridized carbons (Fsp3) is 0.360. The summed E-state index contributed by atoms with van der Waals surface area (Å²) in [5.74, 6) is 0.365. The van der Waals surface area contributed by atoms with Crippen LogP contribution in [0.3, 0.4) is 0 Å². The molecule has 4 aromatic rings. The topological polar surface area (TPSA) is 77.6 Å². The molecule has 1 aliphatic carbocycles. The minimum atomic E-state index is -0.0804. The molecule has 5 rings (SSSR count). The van der Waals surface area contributed by atoms with E-state index >= 15 is 0 Å². The Labute approximate surface area is 187 Å². The SMILES string of the molecule is Cc1cc(C)n(CCNC(=O)c2cc(C3CC3)nc3c2c(C)nn3Cc2ccccc2)n1. The molecule has 3 heterocycles. The number of pyridine rings is 1. The number of aryl methyl sites for hydroxylation is 3. The van der Waals surface area contributed by atoms with E-state index in [0.29, 0.717) is 31.1 Å². The third-order valence-corrected chi connectivity index (χ3v) is 6.03. The quantitative estimate of drug-likeness (QED) is 0.484. The molecule has 0 unspecified atom stereocenters. The Morgan fingerprint density at radius 2 is 1.84 bits per heavy atom. The maximum atomic E-state index is 13.2. The first-order valence-corrected chi connectivity index (χ1v) is 11.2. The van der Waals surface area contributed by atoms with E-state index in [1.54, 1.807) is 0 Å². The molecule has 0 atom stereocenters. The van der Waals surface area contributed by atoms with Crippen molar-refractivity contribution in [1.82, 2.24) is 29.9 Å². The van der Waals surface area contributed by atoms with Gasteiger partial charge in [0.1, 0.15) is 0 Å². The molecule has 0 bridgehead atoms. The number of amides is 1. The molecule has 1 amide bonds. The van der Waals surface area contributed by atoms with Crippen molar-refractivity contribution in [2.45, 2.75) is 52.6 Å². The van der Waals surface area contributed by atoms with Gasteiger partial charge in [-0.2, -0.15) is 10.2 Å². The average molecular weight is 429 g/mol. The number of carbonyl (C=O) groups excluding carboxylic acids is 1. The second kappa shape index (κ2) is 8.22. The van der Waals surface area contributed by atoms with Gasteiger partial charge in [0.05, 0.1) is 35.4 Å². The fourth-order valence-electron chi connectivity index (χ4n) is 4.28. The highest BCUT2D eigenvalue weighted by Gasteiger charge is 2.28. The van der Waals surface area contributed by atoms with Gasteiger partial charge in [0.15, 0.2) is 5.65 Å². The lowest BCUT2D eigenvalue weighted by atomic mass is 10.1. The minimum Gasteiger partial charge on any atom is -0.350 e. The Balaban J connectivity index is 1.45. The lowest BCUT2D eigenvalue weighted by Gasteiger charge is -2.10. The summed E-state index contributed by atoms with van der Waals surface area (Å²) in [6.07, 6.45) is 2.26. The maximum absolute atomic E-state index is 13.2. The van der Waals surface area contributed by atoms with Crippen LogP contribution in [-0.2, 0) is 13.1 Å². The van der Waals surface area contributed by atoms with Crippen LogP contribution in [0, 0.1) is 20.8 Å². The standard InChI is InChI=1S/C25H28N6O/c1-16-13-17(2)30(28-16)12-11-26-25(32)21-14-22(20-9-10-20)27-24-23(21)18(3)29-31(24)15-19-7-5-4-6-8-19/h4-8,13-14,20H,9-12,15H2,1-3H3,(H,26,32). The van der Waals surface area contributed by atoms with E-state index in [-0.39, 0.29) is 5.91 Å². The summed E-state index contributed by atoms with van der Waals surface area (Å²) in [6, 6.07) is 14.2. The summed E-state index contributed by atoms with van der Waals surface area (Å²) in [5, 5.41) is 13.2. The highest BCUT2D eigenvalue weighted by atomic mass is 16.1. The largest absolute Gasteiger partial charge is 0.350 e. The lowest BCUT2D eigenvalue weighted by molar-refractivity contribution is 0.0953. The van der Waals surface area contributed by atoms with Crippen LogP contribution < -0.4 is 5.32 Å². The molecule has 7 heteroatoms. The Kier molecular flexibility index (Phi) is 5.25. The van der Waals surface area contributed by atoms with E-state index in [1.807, 2.05) is 60.5 Å². The van der Waals surface area contributed by atoms with Gasteiger partial charge in [-0.15, -0.1) is 0 Å². The molecule has 1 aromatic carbocycles. The number of rotatable bonds is 7. The van der Waals surface area contributed by atoms with Crippen molar-refractivity contribution in [3.05, 3.63) is 76.4 Å². The van der Waals surface area contributed by atoms with E-state index in [0.717, 1.165) is 52.2 Å². The van der Waals surface area contributed by atoms with Crippen molar-refractivity contribution in [2.75, 3.05) is 6.54 Å². The third kappa shape index (κ3) is 4.02. The molecule has 0 saturated heterocycles. The Morgan fingerprint density at radius 3 is 2.53 bits per heavy atom. The van der Waals surface area contributed by atoms with Gasteiger partial charge >= 0.3 is 0 Å². The van der Waals surface area contributed by atoms with Crippen LogP contribution in [0.25, 0.3) is 11.0 Å². The molecule has 1 aliphatic rings. The number of hydrogen-bond acceptors (Lipinski definition) is 4. The minimum absolute atomic E-state index is 0.0804. The normalized spacial score (nSPS) is 13.6. The summed E-state index contributed by atoms with van der Waals surface area (Å²) in [7, 11) is 0. The van der Waals surface area contributed by atoms with Crippen LogP contribution in [0.2, 0.25) is 0 Å². The van der Waals surface area contributed by atoms with E-state index < -0.39 is 0 Å². The number of hydrogen-bond donors (Lipinski definition) is 1. The smallest absolute Gasteiger partial charge is 0.252 e. The van der Waals surface area contributed by atoms with Crippen molar-refractivity contribution in [3.8, 4) is 0 Å². The summed E-state index contributed by atoms with van der Waals surface area (Å²) >= 11 is 0. The van der Waals surface area contributed by atoms with Gasteiger partial charge in [-0.1, -0.05) is 30.3 Å². The van der Waals surface area contributed by atoms with Gasteiger partial charge < -0.3 is 5.32 Å². The zero-order valence-electron chi connectivity index (χ0n) is 18.8. The fourth-order valence-corrected chi connectivity index (χ4v) is 4.28. The van der Waals surface area contributed by atoms with Crippen LogP contribution in [0.15, 0.2) is 42.5 Å². The molecule has 3 aromatic heterocycles. The first-order chi connectivity index (χ1) is 15.5. The molecule has 0 aliphatic heterocycles. The average Bonchev–Trinajstić information content (AvgIpc) is 3.52. The summed E-state index contributed by atoms with van der Waals surface area (Å²) in [4.78, 5) is 18.2. The predicted octanol–water partition coefficient (Wildman–Crippen LogP) is 3.91. The van der Waals surface area contributed by atoms with Crippen molar-refractivity contribution in [1.29, 1.82) is 0 Å². The van der Waals surface area contributed by atoms with Gasteiger partial charge in [-0.3, -0.25) is 9.48 Å². The van der Waals surface area contributed by atoms with Gasteiger partial charge in [0.25, 0.3) is 5.91 Å². The summed E-state index contributed by atoms with van der Waals surface area (Å²) < 4.78 is 3.86. The molecular formula is C25H28N6O. The van der Waals surface area contributed by atoms with Crippen molar-refractivity contribution in [2.24, 2.45) is 0 Å². The van der Waals surface area contributed by atoms with Crippen molar-refractivity contribution in [3.63, 3.8) is 0 Å². The van der Waals surface area contributed by atoms with Gasteiger partial charge in [0, 0.05) is 23.9 Å². The predicted molar refractivity (Wildman–Crippen MR) is 124 cm³/mol. The van der Waals surface area contributed by atoms with Gasteiger partial charge in [0.2, 0.25) is 0 Å². The van der Waals surface area contributed by atoms with Crippen molar-refractivity contribution < 1.29 is 4.79 Å². The zero-order chi connectivity index (χ0) is 22.2. The number of carbonyl (C=O) groups is 1. The highest BCUT2D eigenvalue weighted by Crippen LogP contribution is 2.40. The highest BCUT2D eigenvalue weighted by molar-refractivity contribution is 6.06. The lowest BCUT2D eigenvalue weighted by Crippen LogP contribution is -2.28. The van der Waals surface area contributed by atoms with Gasteiger partial charge in [-0.25, -0.2) is 9.67 Å². The van der Waals surface area contributed by atoms with E-state index in [2.05, 4.69) is 22.5 Å². The molecular weight excluding hydrogens is 400 g/mol. The van der Waals surface area contributed by atoms with Crippen LogP contribution in [0.5, 0.6) is 0 Å². The van der Waals surface area contributed by atoms with Crippen molar-refractivity contribution >= 4 is 16.9 Å². The molecule has 1 N–H and O–H groups in total. The molecule has 0 radical (unpaired) electrons. The number of benzene rings is 1. The first-order valence-electron chi connectivity index (χ1n) is 11.2. The molecule has 0 spiro atoms.